The molecule has 0 spiro atoms. The molecule has 2 aromatic rings. The quantitative estimate of drug-likeness (QED) is 0.215. The lowest BCUT2D eigenvalue weighted by atomic mass is 9.92. The molecule has 5 heteroatoms. The van der Waals surface area contributed by atoms with Crippen LogP contribution < -0.4 is 4.74 Å². The number of carbonyl (C=O) groups is 1. The van der Waals surface area contributed by atoms with Crippen molar-refractivity contribution in [3.63, 3.8) is 0 Å². The number of hydrogen-bond acceptors (Lipinski definition) is 5. The molecule has 0 saturated carbocycles. The molecule has 0 bridgehead atoms. The molecule has 3 rings (SSSR count). The lowest BCUT2D eigenvalue weighted by molar-refractivity contribution is 0.104. The maximum atomic E-state index is 12.9. The lowest BCUT2D eigenvalue weighted by Gasteiger charge is -2.32. The van der Waals surface area contributed by atoms with Crippen LogP contribution in [0.15, 0.2) is 59.7 Å². The first-order chi connectivity index (χ1) is 16.5. The van der Waals surface area contributed by atoms with Crippen molar-refractivity contribution < 1.29 is 24.9 Å². The molecule has 1 unspecified atom stereocenters. The molecule has 5 nitrogen and oxygen atoms in total. The first-order valence-corrected chi connectivity index (χ1v) is 11.8. The molecule has 0 saturated heterocycles. The van der Waals surface area contributed by atoms with E-state index in [0.717, 1.165) is 18.4 Å². The largest absolute Gasteiger partial charge is 0.508 e. The average molecular weight is 475 g/mol. The number of carbonyl (C=O) groups excluding carboxylic acids is 1. The van der Waals surface area contributed by atoms with Gasteiger partial charge < -0.3 is 20.1 Å². The van der Waals surface area contributed by atoms with Gasteiger partial charge in [-0.1, -0.05) is 41.5 Å². The SMILES string of the molecule is CC(C)=CCCC1(C)C=Cc2c(/C=C/C(=O)c3ccc(O)c(CC=C(C)C)c3O)ccc(O)c2O1. The van der Waals surface area contributed by atoms with Gasteiger partial charge in [0.25, 0.3) is 0 Å². The molecule has 1 heterocycles. The predicted octanol–water partition coefficient (Wildman–Crippen LogP) is 7.12. The maximum Gasteiger partial charge on any atom is 0.189 e. The van der Waals surface area contributed by atoms with Crippen LogP contribution in [0.25, 0.3) is 12.2 Å². The summed E-state index contributed by atoms with van der Waals surface area (Å²) in [6.07, 6.45) is 12.9. The fraction of sp³-hybridized carbons (Fsp3) is 0.300. The van der Waals surface area contributed by atoms with E-state index >= 15 is 0 Å². The second kappa shape index (κ2) is 10.7. The third-order valence-electron chi connectivity index (χ3n) is 5.99. The van der Waals surface area contributed by atoms with E-state index < -0.39 is 11.4 Å². The molecule has 0 fully saturated rings. The van der Waals surface area contributed by atoms with E-state index in [-0.39, 0.29) is 22.8 Å². The van der Waals surface area contributed by atoms with Gasteiger partial charge in [0.1, 0.15) is 17.1 Å². The Balaban J connectivity index is 1.87. The van der Waals surface area contributed by atoms with Crippen molar-refractivity contribution in [3.05, 3.63) is 82.0 Å². The van der Waals surface area contributed by atoms with E-state index in [1.54, 1.807) is 18.2 Å². The molecule has 35 heavy (non-hydrogen) atoms. The zero-order chi connectivity index (χ0) is 25.8. The highest BCUT2D eigenvalue weighted by Crippen LogP contribution is 2.42. The number of ketones is 1. The standard InChI is InChI=1S/C30H34O5/c1-19(2)7-6-17-30(5)18-16-22-21(10-14-27(33)29(22)35-30)9-13-25(31)24-12-15-26(32)23(28(24)34)11-8-20(3)4/h7-10,12-16,18,32-34H,6,11,17H2,1-5H3/b13-9+. The van der Waals surface area contributed by atoms with Crippen molar-refractivity contribution in [1.29, 1.82) is 0 Å². The monoisotopic (exact) mass is 474 g/mol. The second-order valence-electron chi connectivity index (χ2n) is 9.63. The van der Waals surface area contributed by atoms with Crippen LogP contribution in [0.5, 0.6) is 23.0 Å². The summed E-state index contributed by atoms with van der Waals surface area (Å²) in [5.74, 6) is -0.238. The van der Waals surface area contributed by atoms with Crippen LogP contribution in [0.1, 0.15) is 74.5 Å². The fourth-order valence-electron chi connectivity index (χ4n) is 3.92. The van der Waals surface area contributed by atoms with Crippen LogP contribution in [0, 0.1) is 0 Å². The van der Waals surface area contributed by atoms with E-state index in [9.17, 15) is 20.1 Å². The second-order valence-corrected chi connectivity index (χ2v) is 9.63. The summed E-state index contributed by atoms with van der Waals surface area (Å²) in [5.41, 5.74) is 3.57. The van der Waals surface area contributed by atoms with E-state index in [4.69, 9.17) is 4.74 Å². The lowest BCUT2D eigenvalue weighted by Crippen LogP contribution is -2.31. The van der Waals surface area contributed by atoms with Gasteiger partial charge in [0.15, 0.2) is 17.3 Å². The van der Waals surface area contributed by atoms with Gasteiger partial charge in [-0.2, -0.15) is 0 Å². The first kappa shape index (κ1) is 25.9. The van der Waals surface area contributed by atoms with Crippen LogP contribution in [-0.4, -0.2) is 26.7 Å². The third-order valence-corrected chi connectivity index (χ3v) is 5.99. The highest BCUT2D eigenvalue weighted by molar-refractivity contribution is 6.09. The summed E-state index contributed by atoms with van der Waals surface area (Å²) in [7, 11) is 0. The van der Waals surface area contributed by atoms with Gasteiger partial charge in [0.2, 0.25) is 0 Å². The Morgan fingerprint density at radius 1 is 0.971 bits per heavy atom. The van der Waals surface area contributed by atoms with Gasteiger partial charge in [-0.25, -0.2) is 0 Å². The van der Waals surface area contributed by atoms with Gasteiger partial charge in [-0.3, -0.25) is 4.79 Å². The Bertz CT molecular complexity index is 1240. The summed E-state index contributed by atoms with van der Waals surface area (Å²) in [5, 5.41) is 31.2. The highest BCUT2D eigenvalue weighted by Gasteiger charge is 2.29. The zero-order valence-electron chi connectivity index (χ0n) is 21.1. The number of benzene rings is 2. The van der Waals surface area contributed by atoms with E-state index in [1.165, 1.54) is 23.8 Å². The van der Waals surface area contributed by atoms with Crippen LogP contribution >= 0.6 is 0 Å². The molecule has 0 aliphatic carbocycles. The number of aromatic hydroxyl groups is 3. The molecular weight excluding hydrogens is 440 g/mol. The molecule has 0 radical (unpaired) electrons. The van der Waals surface area contributed by atoms with Crippen molar-refractivity contribution >= 4 is 17.9 Å². The molecule has 1 aliphatic heterocycles. The Morgan fingerprint density at radius 2 is 1.66 bits per heavy atom. The van der Waals surface area contributed by atoms with Crippen molar-refractivity contribution in [2.45, 2.75) is 59.5 Å². The van der Waals surface area contributed by atoms with Crippen molar-refractivity contribution in [3.8, 4) is 23.0 Å². The maximum absolute atomic E-state index is 12.9. The molecular formula is C30H34O5. The molecule has 0 aromatic heterocycles. The van der Waals surface area contributed by atoms with Gasteiger partial charge in [0.05, 0.1) is 5.56 Å². The summed E-state index contributed by atoms with van der Waals surface area (Å²) in [4.78, 5) is 12.9. The Labute approximate surface area is 207 Å². The van der Waals surface area contributed by atoms with Crippen LogP contribution in [0.4, 0.5) is 0 Å². The number of phenols is 3. The first-order valence-electron chi connectivity index (χ1n) is 11.8. The van der Waals surface area contributed by atoms with Crippen LogP contribution in [0.2, 0.25) is 0 Å². The van der Waals surface area contributed by atoms with Crippen molar-refractivity contribution in [2.75, 3.05) is 0 Å². The highest BCUT2D eigenvalue weighted by atomic mass is 16.5. The molecule has 3 N–H and O–H groups in total. The minimum absolute atomic E-state index is 0.0429. The molecule has 184 valence electrons. The smallest absolute Gasteiger partial charge is 0.189 e. The summed E-state index contributed by atoms with van der Waals surface area (Å²) in [6.45, 7) is 9.95. The topological polar surface area (TPSA) is 87.0 Å². The number of fused-ring (bicyclic) bond motifs is 1. The fourth-order valence-corrected chi connectivity index (χ4v) is 3.92. The number of rotatable bonds is 8. The van der Waals surface area contributed by atoms with Crippen LogP contribution in [0.3, 0.4) is 0 Å². The Kier molecular flexibility index (Phi) is 7.90. The molecule has 1 aliphatic rings. The van der Waals surface area contributed by atoms with Gasteiger partial charge >= 0.3 is 0 Å². The molecule has 2 aromatic carbocycles. The minimum atomic E-state index is -0.548. The van der Waals surface area contributed by atoms with Crippen LogP contribution in [-0.2, 0) is 6.42 Å². The summed E-state index contributed by atoms with van der Waals surface area (Å²) in [6, 6.07) is 6.10. The average Bonchev–Trinajstić information content (AvgIpc) is 2.78. The van der Waals surface area contributed by atoms with Gasteiger partial charge in [-0.15, -0.1) is 0 Å². The number of hydrogen-bond donors (Lipinski definition) is 3. The third kappa shape index (κ3) is 6.24. The zero-order valence-corrected chi connectivity index (χ0v) is 21.1. The minimum Gasteiger partial charge on any atom is -0.508 e. The number of ether oxygens (including phenoxy) is 1. The van der Waals surface area contributed by atoms with E-state index in [0.29, 0.717) is 28.9 Å². The van der Waals surface area contributed by atoms with Gasteiger partial charge in [-0.05, 0) is 89.8 Å². The van der Waals surface area contributed by atoms with E-state index in [2.05, 4.69) is 19.9 Å². The number of allylic oxidation sites excluding steroid dienone is 5. The Hall–Kier alpha value is -3.73. The van der Waals surface area contributed by atoms with E-state index in [1.807, 2.05) is 39.0 Å². The predicted molar refractivity (Wildman–Crippen MR) is 141 cm³/mol. The summed E-state index contributed by atoms with van der Waals surface area (Å²) < 4.78 is 6.20. The van der Waals surface area contributed by atoms with Crippen molar-refractivity contribution in [1.82, 2.24) is 0 Å². The summed E-state index contributed by atoms with van der Waals surface area (Å²) >= 11 is 0. The molecule has 1 atom stereocenters. The van der Waals surface area contributed by atoms with Crippen molar-refractivity contribution in [2.24, 2.45) is 0 Å². The molecule has 0 amide bonds. The Morgan fingerprint density at radius 3 is 2.34 bits per heavy atom. The van der Waals surface area contributed by atoms with Gasteiger partial charge in [0, 0.05) is 11.1 Å². The number of phenolic OH excluding ortho intramolecular Hbond substituents is 3. The normalized spacial score (nSPS) is 16.5.